The average Bonchev–Trinajstić information content (AvgIpc) is 2.66. The lowest BCUT2D eigenvalue weighted by atomic mass is 9.96. The van der Waals surface area contributed by atoms with Gasteiger partial charge in [-0.25, -0.2) is 4.39 Å². The third kappa shape index (κ3) is 3.67. The number of piperazine rings is 1. The van der Waals surface area contributed by atoms with Crippen LogP contribution in [-0.2, 0) is 0 Å². The molecule has 0 aromatic heterocycles. The van der Waals surface area contributed by atoms with E-state index in [1.165, 1.54) is 22.8 Å². The van der Waals surface area contributed by atoms with Crippen molar-refractivity contribution in [2.75, 3.05) is 38.2 Å². The summed E-state index contributed by atoms with van der Waals surface area (Å²) in [6.07, 6.45) is 0. The van der Waals surface area contributed by atoms with Crippen LogP contribution in [0.5, 0.6) is 5.75 Å². The van der Waals surface area contributed by atoms with E-state index in [-0.39, 0.29) is 10.8 Å². The molecule has 26 heavy (non-hydrogen) atoms. The van der Waals surface area contributed by atoms with Gasteiger partial charge in [-0.15, -0.1) is 0 Å². The smallest absolute Gasteiger partial charge is 0.143 e. The van der Waals surface area contributed by atoms with Crippen LogP contribution in [0.3, 0.4) is 0 Å². The van der Waals surface area contributed by atoms with E-state index in [1.54, 1.807) is 13.2 Å². The van der Waals surface area contributed by atoms with Gasteiger partial charge in [0.2, 0.25) is 0 Å². The summed E-state index contributed by atoms with van der Waals surface area (Å²) in [6.45, 7) is 10.2. The van der Waals surface area contributed by atoms with E-state index >= 15 is 0 Å². The number of halogens is 2. The number of rotatable bonds is 4. The minimum atomic E-state index is -0.357. The molecule has 0 radical (unpaired) electrons. The Balaban J connectivity index is 1.69. The second-order valence-electron chi connectivity index (χ2n) is 6.90. The molecule has 0 N–H and O–H groups in total. The Bertz CT molecular complexity index is 788. The molecule has 1 aliphatic heterocycles. The number of methoxy groups -OCH3 is 1. The molecule has 2 aromatic carbocycles. The molecular formula is C21H26ClFN2O. The molecule has 0 aliphatic carbocycles. The van der Waals surface area contributed by atoms with Gasteiger partial charge in [-0.05, 0) is 61.7 Å². The Morgan fingerprint density at radius 3 is 2.35 bits per heavy atom. The van der Waals surface area contributed by atoms with Crippen LogP contribution in [0.2, 0.25) is 5.02 Å². The molecule has 3 rings (SSSR count). The quantitative estimate of drug-likeness (QED) is 0.747. The van der Waals surface area contributed by atoms with Crippen molar-refractivity contribution in [2.45, 2.75) is 26.8 Å². The molecule has 1 aliphatic rings. The fourth-order valence-electron chi connectivity index (χ4n) is 3.74. The Hall–Kier alpha value is -1.78. The van der Waals surface area contributed by atoms with E-state index in [0.29, 0.717) is 6.04 Å². The van der Waals surface area contributed by atoms with Crippen LogP contribution in [0, 0.1) is 19.7 Å². The van der Waals surface area contributed by atoms with Crippen LogP contribution >= 0.6 is 11.6 Å². The van der Waals surface area contributed by atoms with Crippen molar-refractivity contribution >= 4 is 17.3 Å². The van der Waals surface area contributed by atoms with Gasteiger partial charge in [0, 0.05) is 37.9 Å². The summed E-state index contributed by atoms with van der Waals surface area (Å²) in [7, 11) is 1.71. The summed E-state index contributed by atoms with van der Waals surface area (Å²) in [4.78, 5) is 4.70. The SMILES string of the molecule is COc1ccc(C(C)N2CCN(c3ccc(Cl)c(F)c3)CC2)c(C)c1C. The van der Waals surface area contributed by atoms with Gasteiger partial charge < -0.3 is 9.64 Å². The van der Waals surface area contributed by atoms with Crippen LogP contribution in [0.4, 0.5) is 10.1 Å². The maximum absolute atomic E-state index is 13.7. The molecule has 0 saturated carbocycles. The first-order valence-corrected chi connectivity index (χ1v) is 9.38. The highest BCUT2D eigenvalue weighted by molar-refractivity contribution is 6.30. The Labute approximate surface area is 160 Å². The van der Waals surface area contributed by atoms with Crippen LogP contribution in [0.1, 0.15) is 29.7 Å². The van der Waals surface area contributed by atoms with Gasteiger partial charge in [-0.2, -0.15) is 0 Å². The molecule has 0 amide bonds. The van der Waals surface area contributed by atoms with Gasteiger partial charge in [0.15, 0.2) is 0 Å². The molecule has 2 aromatic rings. The minimum Gasteiger partial charge on any atom is -0.496 e. The highest BCUT2D eigenvalue weighted by Gasteiger charge is 2.24. The lowest BCUT2D eigenvalue weighted by Gasteiger charge is -2.39. The van der Waals surface area contributed by atoms with Crippen molar-refractivity contribution in [1.82, 2.24) is 4.90 Å². The monoisotopic (exact) mass is 376 g/mol. The molecule has 1 saturated heterocycles. The van der Waals surface area contributed by atoms with Crippen LogP contribution in [0.25, 0.3) is 0 Å². The lowest BCUT2D eigenvalue weighted by molar-refractivity contribution is 0.198. The van der Waals surface area contributed by atoms with Gasteiger partial charge in [-0.1, -0.05) is 17.7 Å². The summed E-state index contributed by atoms with van der Waals surface area (Å²) in [6, 6.07) is 9.61. The topological polar surface area (TPSA) is 15.7 Å². The number of benzene rings is 2. The number of anilines is 1. The second-order valence-corrected chi connectivity index (χ2v) is 7.31. The molecule has 5 heteroatoms. The zero-order chi connectivity index (χ0) is 18.8. The third-order valence-corrected chi connectivity index (χ3v) is 5.89. The molecule has 0 bridgehead atoms. The maximum atomic E-state index is 13.7. The molecule has 0 spiro atoms. The first kappa shape index (κ1) is 19.0. The Morgan fingerprint density at radius 2 is 1.73 bits per heavy atom. The van der Waals surface area contributed by atoms with Gasteiger partial charge >= 0.3 is 0 Å². The van der Waals surface area contributed by atoms with Crippen LogP contribution < -0.4 is 9.64 Å². The van der Waals surface area contributed by atoms with E-state index in [0.717, 1.165) is 37.6 Å². The van der Waals surface area contributed by atoms with Crippen molar-refractivity contribution in [3.63, 3.8) is 0 Å². The number of hydrogen-bond donors (Lipinski definition) is 0. The van der Waals surface area contributed by atoms with Crippen molar-refractivity contribution in [1.29, 1.82) is 0 Å². The molecular weight excluding hydrogens is 351 g/mol. The van der Waals surface area contributed by atoms with E-state index in [9.17, 15) is 4.39 Å². The standard InChI is InChI=1S/C21H26ClFN2O/c1-14-15(2)21(26-4)8-6-18(14)16(3)24-9-11-25(12-10-24)17-5-7-19(22)20(23)13-17/h5-8,13,16H,9-12H2,1-4H3. The number of hydrogen-bond acceptors (Lipinski definition) is 3. The van der Waals surface area contributed by atoms with E-state index in [1.807, 2.05) is 6.07 Å². The van der Waals surface area contributed by atoms with Gasteiger partial charge in [0.1, 0.15) is 11.6 Å². The van der Waals surface area contributed by atoms with Crippen LogP contribution in [0.15, 0.2) is 30.3 Å². The summed E-state index contributed by atoms with van der Waals surface area (Å²) in [5, 5.41) is 0.173. The van der Waals surface area contributed by atoms with Gasteiger partial charge in [0.25, 0.3) is 0 Å². The maximum Gasteiger partial charge on any atom is 0.143 e. The van der Waals surface area contributed by atoms with Crippen molar-refractivity contribution in [2.24, 2.45) is 0 Å². The fourth-order valence-corrected chi connectivity index (χ4v) is 3.85. The first-order chi connectivity index (χ1) is 12.4. The minimum absolute atomic E-state index is 0.173. The van der Waals surface area contributed by atoms with E-state index in [2.05, 4.69) is 42.7 Å². The molecule has 1 fully saturated rings. The van der Waals surface area contributed by atoms with Crippen LogP contribution in [-0.4, -0.2) is 38.2 Å². The lowest BCUT2D eigenvalue weighted by Crippen LogP contribution is -2.47. The van der Waals surface area contributed by atoms with E-state index < -0.39 is 0 Å². The number of ether oxygens (including phenoxy) is 1. The summed E-state index contributed by atoms with van der Waals surface area (Å²) >= 11 is 5.79. The average molecular weight is 377 g/mol. The summed E-state index contributed by atoms with van der Waals surface area (Å²) in [5.41, 5.74) is 4.73. The molecule has 1 atom stereocenters. The zero-order valence-electron chi connectivity index (χ0n) is 15.9. The Morgan fingerprint density at radius 1 is 1.04 bits per heavy atom. The second kappa shape index (κ2) is 7.85. The third-order valence-electron chi connectivity index (χ3n) is 5.58. The van der Waals surface area contributed by atoms with Gasteiger partial charge in [-0.3, -0.25) is 4.90 Å². The highest BCUT2D eigenvalue weighted by Crippen LogP contribution is 2.31. The largest absolute Gasteiger partial charge is 0.496 e. The predicted molar refractivity (Wildman–Crippen MR) is 106 cm³/mol. The zero-order valence-corrected chi connectivity index (χ0v) is 16.6. The molecule has 1 heterocycles. The van der Waals surface area contributed by atoms with Crippen molar-refractivity contribution in [3.05, 3.63) is 57.9 Å². The van der Waals surface area contributed by atoms with Crippen molar-refractivity contribution < 1.29 is 9.13 Å². The van der Waals surface area contributed by atoms with Gasteiger partial charge in [0.05, 0.1) is 12.1 Å². The molecule has 3 nitrogen and oxygen atoms in total. The molecule has 140 valence electrons. The van der Waals surface area contributed by atoms with E-state index in [4.69, 9.17) is 16.3 Å². The predicted octanol–water partition coefficient (Wildman–Crippen LogP) is 4.99. The fraction of sp³-hybridized carbons (Fsp3) is 0.429. The summed E-state index contributed by atoms with van der Waals surface area (Å²) in [5.74, 6) is 0.581. The molecule has 1 unspecified atom stereocenters. The normalized spacial score (nSPS) is 16.6. The highest BCUT2D eigenvalue weighted by atomic mass is 35.5. The first-order valence-electron chi connectivity index (χ1n) is 9.00. The number of nitrogens with zero attached hydrogens (tertiary/aromatic N) is 2. The Kier molecular flexibility index (Phi) is 5.73. The van der Waals surface area contributed by atoms with Crippen molar-refractivity contribution in [3.8, 4) is 5.75 Å². The summed E-state index contributed by atoms with van der Waals surface area (Å²) < 4.78 is 19.2.